The van der Waals surface area contributed by atoms with Gasteiger partial charge in [0, 0.05) is 6.10 Å². The van der Waals surface area contributed by atoms with Gasteiger partial charge in [0.25, 0.3) is 0 Å². The number of carbonyl (C=O) groups is 1. The quantitative estimate of drug-likeness (QED) is 0.619. The molecule has 0 amide bonds. The van der Waals surface area contributed by atoms with Crippen LogP contribution in [0.2, 0.25) is 0 Å². The van der Waals surface area contributed by atoms with Crippen LogP contribution in [0.1, 0.15) is 55.4 Å². The third kappa shape index (κ3) is 5240. The van der Waals surface area contributed by atoms with Crippen LogP contribution in [0.15, 0.2) is 0 Å². The molecule has 2 nitrogen and oxygen atoms in total. The number of Topliss-reactive ketones (excluding diaryl/α,β-unsaturated/α-hetero) is 1. The van der Waals surface area contributed by atoms with Crippen molar-refractivity contribution in [3.8, 4) is 0 Å². The van der Waals surface area contributed by atoms with Crippen LogP contribution in [0.4, 0.5) is 0 Å². The van der Waals surface area contributed by atoms with Crippen molar-refractivity contribution >= 4 is 5.78 Å². The lowest BCUT2D eigenvalue weighted by Gasteiger charge is -1.80. The van der Waals surface area contributed by atoms with Gasteiger partial charge >= 0.3 is 0 Å². The Morgan fingerprint density at radius 1 is 1.25 bits per heavy atom. The minimum atomic E-state index is -0.167. The van der Waals surface area contributed by atoms with Crippen LogP contribution in [0.3, 0.4) is 0 Å². The van der Waals surface area contributed by atoms with Gasteiger partial charge in [-0.05, 0) is 27.7 Å². The average molecular weight is 178 g/mol. The van der Waals surface area contributed by atoms with Gasteiger partial charge in [-0.25, -0.2) is 0 Å². The molecule has 0 aromatic rings. The molecule has 0 bridgehead atoms. The summed E-state index contributed by atoms with van der Waals surface area (Å²) in [6.45, 7) is 10.8. The van der Waals surface area contributed by atoms with Gasteiger partial charge < -0.3 is 9.90 Å². The van der Waals surface area contributed by atoms with Crippen molar-refractivity contribution in [2.24, 2.45) is 0 Å². The number of aliphatic hydroxyl groups excluding tert-OH is 1. The van der Waals surface area contributed by atoms with Gasteiger partial charge in [0.2, 0.25) is 0 Å². The lowest BCUT2D eigenvalue weighted by molar-refractivity contribution is -0.114. The summed E-state index contributed by atoms with van der Waals surface area (Å²) in [6.07, 6.45) is 1.08. The van der Waals surface area contributed by atoms with Gasteiger partial charge in [-0.1, -0.05) is 27.7 Å². The summed E-state index contributed by atoms with van der Waals surface area (Å²) in [5.74, 6) is 0.167. The van der Waals surface area contributed by atoms with E-state index in [1.165, 1.54) is 20.3 Å². The standard InChI is InChI=1S/C3H8O.C3H6O.C3H8.CH4/c2*1-3(2)4;1-3-2;/h3-4H,1-2H3;1-2H3;3H2,1-2H3;1H4. The van der Waals surface area contributed by atoms with Crippen molar-refractivity contribution in [3.05, 3.63) is 0 Å². The zero-order valence-corrected chi connectivity index (χ0v) is 8.64. The summed E-state index contributed by atoms with van der Waals surface area (Å²) in [7, 11) is 0. The first-order valence-corrected chi connectivity index (χ1v) is 4.03. The van der Waals surface area contributed by atoms with E-state index in [4.69, 9.17) is 5.11 Å². The van der Waals surface area contributed by atoms with Gasteiger partial charge in [0.1, 0.15) is 5.78 Å². The topological polar surface area (TPSA) is 37.3 Å². The highest BCUT2D eigenvalue weighted by Crippen LogP contribution is 1.65. The third-order valence-corrected chi connectivity index (χ3v) is 0. The number of aliphatic hydroxyl groups is 1. The molecule has 0 aliphatic rings. The molecular weight excluding hydrogens is 152 g/mol. The first kappa shape index (κ1) is 22.6. The van der Waals surface area contributed by atoms with Crippen molar-refractivity contribution in [2.45, 2.75) is 61.5 Å². The Labute approximate surface area is 78.0 Å². The van der Waals surface area contributed by atoms with Crippen LogP contribution >= 0.6 is 0 Å². The molecule has 78 valence electrons. The average Bonchev–Trinajstić information content (AvgIpc) is 1.60. The molecule has 0 unspecified atom stereocenters. The third-order valence-electron chi connectivity index (χ3n) is 0. The zero-order valence-electron chi connectivity index (χ0n) is 8.64. The number of hydrogen-bond donors (Lipinski definition) is 1. The molecule has 0 fully saturated rings. The van der Waals surface area contributed by atoms with Crippen molar-refractivity contribution in [1.82, 2.24) is 0 Å². The van der Waals surface area contributed by atoms with Crippen molar-refractivity contribution in [3.63, 3.8) is 0 Å². The Bertz CT molecular complexity index is 61.5. The summed E-state index contributed by atoms with van der Waals surface area (Å²) in [5, 5.41) is 8.06. The van der Waals surface area contributed by atoms with E-state index in [-0.39, 0.29) is 19.3 Å². The van der Waals surface area contributed by atoms with Gasteiger partial charge in [-0.3, -0.25) is 0 Å². The van der Waals surface area contributed by atoms with E-state index in [0.717, 1.165) is 0 Å². The van der Waals surface area contributed by atoms with E-state index >= 15 is 0 Å². The Kier molecular flexibility index (Phi) is 42.2. The predicted octanol–water partition coefficient (Wildman–Crippen LogP) is 3.03. The van der Waals surface area contributed by atoms with Gasteiger partial charge in [0.05, 0.1) is 0 Å². The van der Waals surface area contributed by atoms with Crippen molar-refractivity contribution in [1.29, 1.82) is 0 Å². The maximum Gasteiger partial charge on any atom is 0.126 e. The molecule has 0 aliphatic carbocycles. The lowest BCUT2D eigenvalue weighted by Crippen LogP contribution is -1.85. The van der Waals surface area contributed by atoms with Crippen molar-refractivity contribution in [2.75, 3.05) is 0 Å². The smallest absolute Gasteiger partial charge is 0.126 e. The molecule has 0 aromatic heterocycles. The van der Waals surface area contributed by atoms with E-state index in [1.807, 2.05) is 0 Å². The molecule has 0 aliphatic heterocycles. The van der Waals surface area contributed by atoms with E-state index in [2.05, 4.69) is 13.8 Å². The summed E-state index contributed by atoms with van der Waals surface area (Å²) in [5.41, 5.74) is 0. The minimum Gasteiger partial charge on any atom is -0.394 e. The highest BCUT2D eigenvalue weighted by molar-refractivity contribution is 5.72. The Balaban J connectivity index is -0.0000000389. The Morgan fingerprint density at radius 3 is 1.25 bits per heavy atom. The van der Waals surface area contributed by atoms with Crippen LogP contribution in [0, 0.1) is 0 Å². The Hall–Kier alpha value is -0.370. The van der Waals surface area contributed by atoms with Gasteiger partial charge in [-0.2, -0.15) is 0 Å². The molecule has 0 aromatic carbocycles. The second kappa shape index (κ2) is 22.4. The van der Waals surface area contributed by atoms with Gasteiger partial charge in [0.15, 0.2) is 0 Å². The number of hydrogen-bond acceptors (Lipinski definition) is 2. The molecule has 0 spiro atoms. The molecular formula is C10H26O2. The largest absolute Gasteiger partial charge is 0.394 e. The van der Waals surface area contributed by atoms with Crippen molar-refractivity contribution < 1.29 is 9.90 Å². The summed E-state index contributed by atoms with van der Waals surface area (Å²) in [4.78, 5) is 9.44. The zero-order chi connectivity index (χ0) is 9.86. The first-order chi connectivity index (χ1) is 4.88. The van der Waals surface area contributed by atoms with E-state index in [1.54, 1.807) is 13.8 Å². The number of carbonyl (C=O) groups excluding carboxylic acids is 1. The molecule has 1 N–H and O–H groups in total. The molecule has 0 saturated carbocycles. The maximum absolute atomic E-state index is 9.44. The van der Waals surface area contributed by atoms with Crippen LogP contribution in [0.25, 0.3) is 0 Å². The van der Waals surface area contributed by atoms with Gasteiger partial charge in [-0.15, -0.1) is 0 Å². The molecule has 0 rings (SSSR count). The van der Waals surface area contributed by atoms with Crippen LogP contribution in [-0.4, -0.2) is 17.0 Å². The number of ketones is 1. The van der Waals surface area contributed by atoms with E-state index in [0.29, 0.717) is 0 Å². The lowest BCUT2D eigenvalue weighted by atomic mass is 10.5. The number of rotatable bonds is 0. The molecule has 0 radical (unpaired) electrons. The van der Waals surface area contributed by atoms with E-state index < -0.39 is 0 Å². The monoisotopic (exact) mass is 178 g/mol. The van der Waals surface area contributed by atoms with Crippen LogP contribution in [0.5, 0.6) is 0 Å². The fourth-order valence-corrected chi connectivity index (χ4v) is 0. The molecule has 2 heteroatoms. The fraction of sp³-hybridized carbons (Fsp3) is 0.900. The fourth-order valence-electron chi connectivity index (χ4n) is 0. The molecule has 0 saturated heterocycles. The summed E-state index contributed by atoms with van der Waals surface area (Å²) < 4.78 is 0. The van der Waals surface area contributed by atoms with E-state index in [9.17, 15) is 4.79 Å². The maximum atomic E-state index is 9.44. The highest BCUT2D eigenvalue weighted by atomic mass is 16.3. The normalized spacial score (nSPS) is 6.67. The first-order valence-electron chi connectivity index (χ1n) is 4.03. The second-order valence-corrected chi connectivity index (χ2v) is 2.71. The minimum absolute atomic E-state index is 0. The highest BCUT2D eigenvalue weighted by Gasteiger charge is 1.69. The molecule has 0 atom stereocenters. The van der Waals surface area contributed by atoms with Crippen LogP contribution < -0.4 is 0 Å². The SMILES string of the molecule is C.CC(C)=O.CC(C)O.CCC. The predicted molar refractivity (Wildman–Crippen MR) is 56.4 cm³/mol. The van der Waals surface area contributed by atoms with Crippen LogP contribution in [-0.2, 0) is 4.79 Å². The summed E-state index contributed by atoms with van der Waals surface area (Å²) in [6, 6.07) is 0. The molecule has 0 heterocycles. The molecule has 12 heavy (non-hydrogen) atoms. The Morgan fingerprint density at radius 2 is 1.25 bits per heavy atom. The summed E-state index contributed by atoms with van der Waals surface area (Å²) >= 11 is 0. The second-order valence-electron chi connectivity index (χ2n) is 2.71.